The Morgan fingerprint density at radius 3 is 2.67 bits per heavy atom. The summed E-state index contributed by atoms with van der Waals surface area (Å²) in [6.45, 7) is 9.02. The number of hydrogen-bond acceptors (Lipinski definition) is 3. The predicted molar refractivity (Wildman–Crippen MR) is 84.0 cm³/mol. The number of nitrogens with one attached hydrogen (secondary N) is 1. The van der Waals surface area contributed by atoms with Crippen molar-refractivity contribution in [2.45, 2.75) is 19.0 Å². The van der Waals surface area contributed by atoms with Gasteiger partial charge in [-0.15, -0.1) is 6.58 Å². The zero-order chi connectivity index (χ0) is 14.7. The number of benzene rings is 1. The predicted octanol–water partition coefficient (Wildman–Crippen LogP) is 1.03. The lowest BCUT2D eigenvalue weighted by molar-refractivity contribution is -0.135. The van der Waals surface area contributed by atoms with E-state index in [0.717, 1.165) is 45.7 Å². The highest BCUT2D eigenvalue weighted by atomic mass is 16.2. The molecule has 1 atom stereocenters. The fourth-order valence-electron chi connectivity index (χ4n) is 3.18. The molecule has 0 saturated carbocycles. The second-order valence-corrected chi connectivity index (χ2v) is 5.82. The third kappa shape index (κ3) is 3.17. The van der Waals surface area contributed by atoms with Crippen LogP contribution >= 0.6 is 0 Å². The normalized spacial score (nSPS) is 22.7. The largest absolute Gasteiger partial charge is 0.339 e. The van der Waals surface area contributed by atoms with Gasteiger partial charge in [-0.05, 0) is 17.5 Å². The van der Waals surface area contributed by atoms with E-state index in [1.165, 1.54) is 11.1 Å². The summed E-state index contributed by atoms with van der Waals surface area (Å²) in [5.74, 6) is 0.253. The van der Waals surface area contributed by atoms with Crippen LogP contribution in [0.3, 0.4) is 0 Å². The summed E-state index contributed by atoms with van der Waals surface area (Å²) in [5.41, 5.74) is 2.62. The van der Waals surface area contributed by atoms with Gasteiger partial charge in [0.1, 0.15) is 0 Å². The molecule has 21 heavy (non-hydrogen) atoms. The number of rotatable bonds is 3. The summed E-state index contributed by atoms with van der Waals surface area (Å²) in [7, 11) is 0. The van der Waals surface area contributed by atoms with Gasteiger partial charge in [0.2, 0.25) is 5.91 Å². The Kier molecular flexibility index (Phi) is 4.36. The van der Waals surface area contributed by atoms with Gasteiger partial charge in [-0.1, -0.05) is 30.3 Å². The maximum absolute atomic E-state index is 12.7. The highest BCUT2D eigenvalue weighted by Crippen LogP contribution is 2.18. The van der Waals surface area contributed by atoms with Gasteiger partial charge in [-0.25, -0.2) is 0 Å². The van der Waals surface area contributed by atoms with Crippen LogP contribution in [0, 0.1) is 0 Å². The lowest BCUT2D eigenvalue weighted by atomic mass is 9.95. The summed E-state index contributed by atoms with van der Waals surface area (Å²) in [6, 6.07) is 8.32. The van der Waals surface area contributed by atoms with Crippen molar-refractivity contribution >= 4 is 5.91 Å². The molecule has 1 aromatic rings. The van der Waals surface area contributed by atoms with E-state index in [0.29, 0.717) is 0 Å². The standard InChI is InChI=1S/C17H23N3O/c1-2-7-19-8-10-20(11-9-19)17(21)16-12-14-5-3-4-6-15(14)13-18-16/h2-6,16,18H,1,7-13H2. The third-order valence-corrected chi connectivity index (χ3v) is 4.45. The van der Waals surface area contributed by atoms with Crippen molar-refractivity contribution in [2.24, 2.45) is 0 Å². The van der Waals surface area contributed by atoms with E-state index in [4.69, 9.17) is 0 Å². The molecule has 4 nitrogen and oxygen atoms in total. The van der Waals surface area contributed by atoms with E-state index in [1.807, 2.05) is 11.0 Å². The van der Waals surface area contributed by atoms with E-state index < -0.39 is 0 Å². The van der Waals surface area contributed by atoms with Crippen molar-refractivity contribution in [3.63, 3.8) is 0 Å². The van der Waals surface area contributed by atoms with Gasteiger partial charge >= 0.3 is 0 Å². The first-order chi connectivity index (χ1) is 10.3. The van der Waals surface area contributed by atoms with Crippen LogP contribution in [0.25, 0.3) is 0 Å². The van der Waals surface area contributed by atoms with E-state index in [1.54, 1.807) is 0 Å². The van der Waals surface area contributed by atoms with E-state index in [-0.39, 0.29) is 11.9 Å². The smallest absolute Gasteiger partial charge is 0.240 e. The molecule has 1 N–H and O–H groups in total. The number of carbonyl (C=O) groups is 1. The minimum Gasteiger partial charge on any atom is -0.339 e. The monoisotopic (exact) mass is 285 g/mol. The number of piperazine rings is 1. The molecule has 1 amide bonds. The molecule has 2 aliphatic heterocycles. The topological polar surface area (TPSA) is 35.6 Å². The molecule has 1 aromatic carbocycles. The summed E-state index contributed by atoms with van der Waals surface area (Å²) < 4.78 is 0. The Labute approximate surface area is 126 Å². The van der Waals surface area contributed by atoms with Crippen LogP contribution in [-0.2, 0) is 17.8 Å². The lowest BCUT2D eigenvalue weighted by Crippen LogP contribution is -2.55. The van der Waals surface area contributed by atoms with Gasteiger partial charge < -0.3 is 10.2 Å². The summed E-state index contributed by atoms with van der Waals surface area (Å²) in [5, 5.41) is 3.39. The highest BCUT2D eigenvalue weighted by Gasteiger charge is 2.29. The van der Waals surface area contributed by atoms with Crippen LogP contribution in [0.5, 0.6) is 0 Å². The first-order valence-corrected chi connectivity index (χ1v) is 7.70. The number of hydrogen-bond donors (Lipinski definition) is 1. The number of nitrogens with zero attached hydrogens (tertiary/aromatic N) is 2. The average Bonchev–Trinajstić information content (AvgIpc) is 2.55. The summed E-state index contributed by atoms with van der Waals surface area (Å²) in [4.78, 5) is 17.0. The molecule has 1 fully saturated rings. The van der Waals surface area contributed by atoms with Gasteiger partial charge in [0.15, 0.2) is 0 Å². The first-order valence-electron chi connectivity index (χ1n) is 7.70. The van der Waals surface area contributed by atoms with Crippen molar-refractivity contribution in [1.29, 1.82) is 0 Å². The van der Waals surface area contributed by atoms with Crippen LogP contribution < -0.4 is 5.32 Å². The fourth-order valence-corrected chi connectivity index (χ4v) is 3.18. The molecular formula is C17H23N3O. The van der Waals surface area contributed by atoms with Crippen LogP contribution in [0.1, 0.15) is 11.1 Å². The van der Waals surface area contributed by atoms with Gasteiger partial charge in [0, 0.05) is 39.3 Å². The van der Waals surface area contributed by atoms with Crippen LogP contribution in [0.4, 0.5) is 0 Å². The maximum Gasteiger partial charge on any atom is 0.240 e. The molecular weight excluding hydrogens is 262 g/mol. The molecule has 112 valence electrons. The molecule has 0 aliphatic carbocycles. The first kappa shape index (κ1) is 14.3. The van der Waals surface area contributed by atoms with Gasteiger partial charge in [0.25, 0.3) is 0 Å². The van der Waals surface area contributed by atoms with Gasteiger partial charge in [-0.2, -0.15) is 0 Å². The molecule has 0 radical (unpaired) electrons. The van der Waals surface area contributed by atoms with Crippen molar-refractivity contribution in [3.05, 3.63) is 48.0 Å². The SMILES string of the molecule is C=CCN1CCN(C(=O)C2Cc3ccccc3CN2)CC1. The van der Waals surface area contributed by atoms with Gasteiger partial charge in [0.05, 0.1) is 6.04 Å². The Morgan fingerprint density at radius 2 is 1.95 bits per heavy atom. The minimum absolute atomic E-state index is 0.0640. The Morgan fingerprint density at radius 1 is 1.24 bits per heavy atom. The van der Waals surface area contributed by atoms with Gasteiger partial charge in [-0.3, -0.25) is 9.69 Å². The number of amides is 1. The second-order valence-electron chi connectivity index (χ2n) is 5.82. The minimum atomic E-state index is -0.0640. The zero-order valence-corrected chi connectivity index (χ0v) is 12.4. The zero-order valence-electron chi connectivity index (χ0n) is 12.4. The number of carbonyl (C=O) groups excluding carboxylic acids is 1. The molecule has 2 aliphatic rings. The Bertz CT molecular complexity index is 521. The third-order valence-electron chi connectivity index (χ3n) is 4.45. The van der Waals surface area contributed by atoms with Crippen LogP contribution in [0.15, 0.2) is 36.9 Å². The molecule has 0 spiro atoms. The van der Waals surface area contributed by atoms with E-state index >= 15 is 0 Å². The Hall–Kier alpha value is -1.65. The van der Waals surface area contributed by atoms with Crippen molar-refractivity contribution in [1.82, 2.24) is 15.1 Å². The molecule has 0 bridgehead atoms. The fraction of sp³-hybridized carbons (Fsp3) is 0.471. The van der Waals surface area contributed by atoms with Crippen molar-refractivity contribution in [3.8, 4) is 0 Å². The molecule has 3 rings (SSSR count). The second kappa shape index (κ2) is 6.41. The van der Waals surface area contributed by atoms with Crippen molar-refractivity contribution < 1.29 is 4.79 Å². The van der Waals surface area contributed by atoms with Crippen LogP contribution in [-0.4, -0.2) is 54.5 Å². The molecule has 4 heteroatoms. The highest BCUT2D eigenvalue weighted by molar-refractivity contribution is 5.82. The molecule has 1 saturated heterocycles. The molecule has 2 heterocycles. The maximum atomic E-state index is 12.7. The summed E-state index contributed by atoms with van der Waals surface area (Å²) in [6.07, 6.45) is 2.74. The average molecular weight is 285 g/mol. The Balaban J connectivity index is 1.59. The molecule has 0 aromatic heterocycles. The lowest BCUT2D eigenvalue weighted by Gasteiger charge is -2.37. The molecule has 1 unspecified atom stereocenters. The van der Waals surface area contributed by atoms with E-state index in [2.05, 4.69) is 41.1 Å². The van der Waals surface area contributed by atoms with Crippen molar-refractivity contribution in [2.75, 3.05) is 32.7 Å². The van der Waals surface area contributed by atoms with E-state index in [9.17, 15) is 4.79 Å². The quantitative estimate of drug-likeness (QED) is 0.843. The van der Waals surface area contributed by atoms with Crippen LogP contribution in [0.2, 0.25) is 0 Å². The number of fused-ring (bicyclic) bond motifs is 1. The summed E-state index contributed by atoms with van der Waals surface area (Å²) >= 11 is 0.